The van der Waals surface area contributed by atoms with Crippen LogP contribution in [0.15, 0.2) is 42.5 Å². The number of anilines is 1. The smallest absolute Gasteiger partial charge is 0.221 e. The highest BCUT2D eigenvalue weighted by molar-refractivity contribution is 7.71. The quantitative estimate of drug-likeness (QED) is 0.464. The molecule has 8 heteroatoms. The van der Waals surface area contributed by atoms with E-state index >= 15 is 0 Å². The van der Waals surface area contributed by atoms with Crippen molar-refractivity contribution in [3.8, 4) is 5.69 Å². The van der Waals surface area contributed by atoms with Crippen LogP contribution in [0.25, 0.3) is 5.69 Å². The van der Waals surface area contributed by atoms with E-state index in [0.717, 1.165) is 43.1 Å². The molecule has 2 heterocycles. The van der Waals surface area contributed by atoms with Crippen LogP contribution in [0.3, 0.4) is 0 Å². The zero-order valence-corrected chi connectivity index (χ0v) is 18.4. The van der Waals surface area contributed by atoms with Crippen LogP contribution < -0.4 is 4.90 Å². The minimum absolute atomic E-state index is 0.0944. The van der Waals surface area contributed by atoms with Gasteiger partial charge in [0, 0.05) is 37.4 Å². The first-order chi connectivity index (χ1) is 14.4. The van der Waals surface area contributed by atoms with Crippen molar-refractivity contribution in [2.45, 2.75) is 27.4 Å². The molecule has 0 bridgehead atoms. The normalized spacial score (nSPS) is 14.8. The first-order valence-corrected chi connectivity index (χ1v) is 10.5. The summed E-state index contributed by atoms with van der Waals surface area (Å²) in [5, 5.41) is 8.55. The van der Waals surface area contributed by atoms with Crippen molar-refractivity contribution in [1.82, 2.24) is 24.7 Å². The van der Waals surface area contributed by atoms with Gasteiger partial charge in [0.25, 0.3) is 0 Å². The minimum Gasteiger partial charge on any atom is -0.369 e. The number of aromatic nitrogens is 4. The van der Waals surface area contributed by atoms with E-state index in [1.54, 1.807) is 16.3 Å². The van der Waals surface area contributed by atoms with Gasteiger partial charge in [0.05, 0.1) is 12.4 Å². The second-order valence-electron chi connectivity index (χ2n) is 7.79. The summed E-state index contributed by atoms with van der Waals surface area (Å²) in [6.45, 7) is 10.0. The fraction of sp³-hybridized carbons (Fsp3) is 0.364. The molecule has 0 atom stereocenters. The first-order valence-electron chi connectivity index (χ1n) is 10.1. The van der Waals surface area contributed by atoms with Gasteiger partial charge in [-0.15, -0.1) is 0 Å². The highest BCUT2D eigenvalue weighted by Gasteiger charge is 2.19. The highest BCUT2D eigenvalue weighted by atomic mass is 32.1. The Morgan fingerprint density at radius 1 is 0.933 bits per heavy atom. The molecule has 1 aromatic heterocycles. The van der Waals surface area contributed by atoms with Gasteiger partial charge in [0.15, 0.2) is 5.78 Å². The van der Waals surface area contributed by atoms with Crippen LogP contribution >= 0.6 is 12.2 Å². The Bertz CT molecular complexity index is 1110. The van der Waals surface area contributed by atoms with Gasteiger partial charge in [-0.1, -0.05) is 6.07 Å². The van der Waals surface area contributed by atoms with E-state index in [9.17, 15) is 4.79 Å². The molecule has 156 valence electrons. The van der Waals surface area contributed by atoms with Crippen molar-refractivity contribution in [2.75, 3.05) is 31.1 Å². The molecule has 1 aliphatic rings. The molecule has 1 saturated heterocycles. The Kier molecular flexibility index (Phi) is 5.78. The zero-order valence-electron chi connectivity index (χ0n) is 17.6. The molecule has 30 heavy (non-hydrogen) atoms. The van der Waals surface area contributed by atoms with E-state index < -0.39 is 0 Å². The fourth-order valence-corrected chi connectivity index (χ4v) is 3.86. The number of ketones is 1. The van der Waals surface area contributed by atoms with Gasteiger partial charge in [-0.2, -0.15) is 4.68 Å². The van der Waals surface area contributed by atoms with Crippen LogP contribution in [0, 0.1) is 18.6 Å². The third-order valence-corrected chi connectivity index (χ3v) is 6.10. The Labute approximate surface area is 181 Å². The predicted octanol–water partition coefficient (Wildman–Crippen LogP) is 3.40. The van der Waals surface area contributed by atoms with Gasteiger partial charge in [0.2, 0.25) is 4.77 Å². The summed E-state index contributed by atoms with van der Waals surface area (Å²) in [6.07, 6.45) is 0. The first kappa shape index (κ1) is 20.4. The van der Waals surface area contributed by atoms with Gasteiger partial charge < -0.3 is 4.90 Å². The minimum atomic E-state index is 0.0944. The summed E-state index contributed by atoms with van der Waals surface area (Å²) in [7, 11) is 0. The molecule has 7 nitrogen and oxygen atoms in total. The third kappa shape index (κ3) is 4.20. The van der Waals surface area contributed by atoms with Gasteiger partial charge in [0.1, 0.15) is 0 Å². The van der Waals surface area contributed by atoms with E-state index in [4.69, 9.17) is 12.2 Å². The molecule has 0 radical (unpaired) electrons. The average Bonchev–Trinajstić information content (AvgIpc) is 3.11. The lowest BCUT2D eigenvalue weighted by Crippen LogP contribution is -2.47. The van der Waals surface area contributed by atoms with Crippen LogP contribution in [-0.4, -0.2) is 56.7 Å². The van der Waals surface area contributed by atoms with Crippen LogP contribution in [0.4, 0.5) is 5.69 Å². The molecule has 3 aromatic rings. The molecule has 0 unspecified atom stereocenters. The number of piperazine rings is 1. The molecular formula is C22H26N6OS. The fourth-order valence-electron chi connectivity index (χ4n) is 3.63. The molecule has 0 aliphatic carbocycles. The van der Waals surface area contributed by atoms with Gasteiger partial charge >= 0.3 is 0 Å². The number of Topliss-reactive ketones (excluding diaryl/α,β-unsaturated/α-hetero) is 1. The second kappa shape index (κ2) is 8.49. The molecule has 0 amide bonds. The maximum Gasteiger partial charge on any atom is 0.221 e. The third-order valence-electron chi connectivity index (χ3n) is 5.72. The van der Waals surface area contributed by atoms with Crippen molar-refractivity contribution < 1.29 is 4.79 Å². The largest absolute Gasteiger partial charge is 0.369 e. The van der Waals surface area contributed by atoms with E-state index in [0.29, 0.717) is 11.4 Å². The number of carbonyl (C=O) groups is 1. The summed E-state index contributed by atoms with van der Waals surface area (Å²) >= 11 is 5.62. The number of nitrogens with zero attached hydrogens (tertiary/aromatic N) is 6. The van der Waals surface area contributed by atoms with E-state index in [1.165, 1.54) is 11.1 Å². The Morgan fingerprint density at radius 3 is 2.23 bits per heavy atom. The number of carbonyl (C=O) groups excluding carboxylic acids is 1. The topological polar surface area (TPSA) is 59.2 Å². The summed E-state index contributed by atoms with van der Waals surface area (Å²) in [4.78, 5) is 16.1. The van der Waals surface area contributed by atoms with Crippen molar-refractivity contribution in [2.24, 2.45) is 0 Å². The van der Waals surface area contributed by atoms with Crippen molar-refractivity contribution in [3.63, 3.8) is 0 Å². The molecule has 4 rings (SSSR count). The maximum atomic E-state index is 11.5. The van der Waals surface area contributed by atoms with Crippen LogP contribution in [0.5, 0.6) is 0 Å². The summed E-state index contributed by atoms with van der Waals surface area (Å²) in [5.41, 5.74) is 5.28. The van der Waals surface area contributed by atoms with Crippen molar-refractivity contribution >= 4 is 23.7 Å². The number of hydrogen-bond acceptors (Lipinski definition) is 6. The monoisotopic (exact) mass is 422 g/mol. The van der Waals surface area contributed by atoms with Crippen molar-refractivity contribution in [3.05, 3.63) is 63.9 Å². The lowest BCUT2D eigenvalue weighted by molar-refractivity contribution is 0.101. The summed E-state index contributed by atoms with van der Waals surface area (Å²) in [6, 6.07) is 14.0. The molecule has 1 aliphatic heterocycles. The van der Waals surface area contributed by atoms with Crippen molar-refractivity contribution in [1.29, 1.82) is 0 Å². The predicted molar refractivity (Wildman–Crippen MR) is 120 cm³/mol. The number of hydrogen-bond donors (Lipinski definition) is 0. The second-order valence-corrected chi connectivity index (χ2v) is 8.16. The van der Waals surface area contributed by atoms with E-state index in [2.05, 4.69) is 46.2 Å². The SMILES string of the molecule is CC(=O)c1ccc(N2CCN(Cn3nnn(-c4ccc(C)c(C)c4)c3=S)CC2)cc1. The number of aryl methyl sites for hydroxylation is 2. The summed E-state index contributed by atoms with van der Waals surface area (Å²) < 4.78 is 4.09. The van der Waals surface area contributed by atoms with Crippen LogP contribution in [-0.2, 0) is 6.67 Å². The van der Waals surface area contributed by atoms with Crippen LogP contribution in [0.2, 0.25) is 0 Å². The van der Waals surface area contributed by atoms with E-state index in [1.807, 2.05) is 30.3 Å². The van der Waals surface area contributed by atoms with E-state index in [-0.39, 0.29) is 5.78 Å². The molecule has 0 N–H and O–H groups in total. The Morgan fingerprint density at radius 2 is 1.60 bits per heavy atom. The molecule has 0 saturated carbocycles. The standard InChI is InChI=1S/C22H26N6OS/c1-16-4-7-21(14-17(16)2)28-22(30)27(23-24-28)15-25-10-12-26(13-11-25)20-8-5-19(6-9-20)18(3)29/h4-9,14H,10-13,15H2,1-3H3. The average molecular weight is 423 g/mol. The van der Waals surface area contributed by atoms with Gasteiger partial charge in [-0.3, -0.25) is 9.69 Å². The lowest BCUT2D eigenvalue weighted by atomic mass is 10.1. The molecule has 1 fully saturated rings. The summed E-state index contributed by atoms with van der Waals surface area (Å²) in [5.74, 6) is 0.0944. The molecular weight excluding hydrogens is 396 g/mol. The van der Waals surface area contributed by atoms with Gasteiger partial charge in [-0.05, 0) is 90.9 Å². The lowest BCUT2D eigenvalue weighted by Gasteiger charge is -2.35. The van der Waals surface area contributed by atoms with Gasteiger partial charge in [-0.25, -0.2) is 4.68 Å². The Hall–Kier alpha value is -2.84. The number of tetrazole rings is 1. The zero-order chi connectivity index (χ0) is 21.3. The molecule has 0 spiro atoms. The number of benzene rings is 2. The van der Waals surface area contributed by atoms with Crippen LogP contribution in [0.1, 0.15) is 28.4 Å². The Balaban J connectivity index is 1.39. The molecule has 2 aromatic carbocycles. The number of rotatable bonds is 5. The maximum absolute atomic E-state index is 11.5. The highest BCUT2D eigenvalue weighted by Crippen LogP contribution is 2.18.